The van der Waals surface area contributed by atoms with E-state index in [1.165, 1.54) is 0 Å². The lowest BCUT2D eigenvalue weighted by atomic mass is 9.95. The van der Waals surface area contributed by atoms with Crippen LogP contribution in [0, 0.1) is 0 Å². The predicted octanol–water partition coefficient (Wildman–Crippen LogP) is -7.97. The van der Waals surface area contributed by atoms with E-state index in [2.05, 4.69) is 53.2 Å². The first-order chi connectivity index (χ1) is 25.2. The Bertz CT molecular complexity index is 1510. The summed E-state index contributed by atoms with van der Waals surface area (Å²) in [6.45, 7) is -4.98. The summed E-state index contributed by atoms with van der Waals surface area (Å²) in [6, 6.07) is -1.27. The molecule has 1 unspecified atom stereocenters. The Morgan fingerprint density at radius 1 is 0.472 bits per heavy atom. The van der Waals surface area contributed by atoms with Gasteiger partial charge in [-0.2, -0.15) is 0 Å². The number of nitrogens with zero attached hydrogens (tertiary/aromatic N) is 1. The van der Waals surface area contributed by atoms with Crippen LogP contribution in [0.1, 0.15) is 38.5 Å². The molecule has 0 aromatic heterocycles. The average Bonchev–Trinajstić information content (AvgIpc) is 3.77. The van der Waals surface area contributed by atoms with Gasteiger partial charge < -0.3 is 58.1 Å². The number of nitrogens with one attached hydrogen (secondary N) is 10. The second kappa shape index (κ2) is 20.0. The van der Waals surface area contributed by atoms with E-state index in [0.717, 1.165) is 4.90 Å². The van der Waals surface area contributed by atoms with Gasteiger partial charge in [0.15, 0.2) is 5.78 Å². The van der Waals surface area contributed by atoms with Crippen molar-refractivity contribution >= 4 is 70.8 Å². The third-order valence-electron chi connectivity index (χ3n) is 8.22. The lowest BCUT2D eigenvalue weighted by molar-refractivity contribution is -0.141. The van der Waals surface area contributed by atoms with E-state index >= 15 is 0 Å². The van der Waals surface area contributed by atoms with Gasteiger partial charge in [-0.1, -0.05) is 12.8 Å². The van der Waals surface area contributed by atoms with Gasteiger partial charge >= 0.3 is 0 Å². The van der Waals surface area contributed by atoms with Gasteiger partial charge in [0.1, 0.15) is 11.6 Å². The zero-order valence-corrected chi connectivity index (χ0v) is 28.7. The van der Waals surface area contributed by atoms with E-state index in [1.54, 1.807) is 0 Å². The maximum atomic E-state index is 13.4. The van der Waals surface area contributed by atoms with E-state index < -0.39 is 141 Å². The minimum atomic E-state index is -1.42. The summed E-state index contributed by atoms with van der Waals surface area (Å²) in [5.74, 6) is -8.51. The van der Waals surface area contributed by atoms with Gasteiger partial charge in [-0.25, -0.2) is 0 Å². The molecule has 3 aliphatic rings. The summed E-state index contributed by atoms with van der Waals surface area (Å²) in [5.41, 5.74) is -1.42. The minimum Gasteiger partial charge on any atom is -0.354 e. The molecule has 23 nitrogen and oxygen atoms in total. The summed E-state index contributed by atoms with van der Waals surface area (Å²) < 4.78 is 0. The summed E-state index contributed by atoms with van der Waals surface area (Å²) in [6.07, 6.45) is 1.03. The molecule has 1 saturated carbocycles. The van der Waals surface area contributed by atoms with Gasteiger partial charge in [0.2, 0.25) is 65.0 Å². The monoisotopic (exact) mass is 749 g/mol. The van der Waals surface area contributed by atoms with Crippen LogP contribution in [0.3, 0.4) is 0 Å². The second-order valence-electron chi connectivity index (χ2n) is 12.3. The van der Waals surface area contributed by atoms with Gasteiger partial charge in [0.05, 0.1) is 58.9 Å². The Hall–Kier alpha value is -6.16. The van der Waals surface area contributed by atoms with Crippen LogP contribution in [0.25, 0.3) is 0 Å². The summed E-state index contributed by atoms with van der Waals surface area (Å²) in [7, 11) is 0. The number of fused-ring (bicyclic) bond motifs is 1. The third-order valence-corrected chi connectivity index (χ3v) is 8.22. The molecule has 1 aliphatic carbocycles. The highest BCUT2D eigenvalue weighted by atomic mass is 16.2. The Morgan fingerprint density at radius 3 is 1.34 bits per heavy atom. The maximum absolute atomic E-state index is 13.4. The van der Waals surface area contributed by atoms with Crippen molar-refractivity contribution in [2.45, 2.75) is 50.1 Å². The largest absolute Gasteiger partial charge is 0.354 e. The number of hydrogen-bond donors (Lipinski definition) is 10. The van der Waals surface area contributed by atoms with Gasteiger partial charge in [0, 0.05) is 19.4 Å². The third kappa shape index (κ3) is 13.8. The van der Waals surface area contributed by atoms with Crippen molar-refractivity contribution in [2.75, 3.05) is 65.4 Å². The predicted molar refractivity (Wildman–Crippen MR) is 176 cm³/mol. The summed E-state index contributed by atoms with van der Waals surface area (Å²) >= 11 is 0. The number of hydrogen-bond acceptors (Lipinski definition) is 12. The molecule has 11 amide bonds. The quantitative estimate of drug-likeness (QED) is 0.110. The fraction of sp³-hybridized carbons (Fsp3) is 0.600. The first-order valence-electron chi connectivity index (χ1n) is 16.7. The topological polar surface area (TPSA) is 328 Å². The molecule has 53 heavy (non-hydrogen) atoms. The van der Waals surface area contributed by atoms with Crippen molar-refractivity contribution in [3.8, 4) is 0 Å². The van der Waals surface area contributed by atoms with Crippen LogP contribution >= 0.6 is 0 Å². The van der Waals surface area contributed by atoms with Crippen molar-refractivity contribution < 1.29 is 57.5 Å². The molecule has 3 fully saturated rings. The molecule has 2 saturated heterocycles. The molecule has 0 aromatic rings. The zero-order valence-electron chi connectivity index (χ0n) is 28.7. The van der Waals surface area contributed by atoms with Crippen molar-refractivity contribution in [2.24, 2.45) is 0 Å². The van der Waals surface area contributed by atoms with Crippen LogP contribution in [-0.2, 0) is 57.5 Å². The molecule has 2 heterocycles. The molecule has 10 N–H and O–H groups in total. The maximum Gasteiger partial charge on any atom is 0.246 e. The van der Waals surface area contributed by atoms with Crippen LogP contribution in [0.2, 0.25) is 0 Å². The molecule has 0 radical (unpaired) electrons. The van der Waals surface area contributed by atoms with E-state index in [0.29, 0.717) is 12.8 Å². The van der Waals surface area contributed by atoms with Crippen LogP contribution in [0.5, 0.6) is 0 Å². The van der Waals surface area contributed by atoms with E-state index in [4.69, 9.17) is 0 Å². The minimum absolute atomic E-state index is 0.148. The van der Waals surface area contributed by atoms with Crippen LogP contribution in [0.4, 0.5) is 0 Å². The molecule has 290 valence electrons. The molecular weight excluding hydrogens is 706 g/mol. The molecule has 0 aromatic carbocycles. The Balaban J connectivity index is 1.62. The molecule has 1 spiro atoms. The van der Waals surface area contributed by atoms with Crippen LogP contribution in [0.15, 0.2) is 0 Å². The molecule has 2 aliphatic heterocycles. The number of rotatable bonds is 0. The molecule has 0 bridgehead atoms. The van der Waals surface area contributed by atoms with E-state index in [9.17, 15) is 57.5 Å². The smallest absolute Gasteiger partial charge is 0.246 e. The number of Topliss-reactive ketones (excluding diaryl/α,β-unsaturated/α-hetero) is 1. The van der Waals surface area contributed by atoms with Crippen LogP contribution in [-0.4, -0.2) is 153 Å². The Kier molecular flexibility index (Phi) is 15.6. The van der Waals surface area contributed by atoms with Gasteiger partial charge in [-0.15, -0.1) is 0 Å². The highest BCUT2D eigenvalue weighted by molar-refractivity contribution is 6.02. The van der Waals surface area contributed by atoms with E-state index in [1.807, 2.05) is 0 Å². The first kappa shape index (κ1) is 41.3. The summed E-state index contributed by atoms with van der Waals surface area (Å²) in [5, 5.41) is 23.2. The lowest BCUT2D eigenvalue weighted by Crippen LogP contribution is -2.61. The summed E-state index contributed by atoms with van der Waals surface area (Å²) in [4.78, 5) is 150. The standard InChI is InChI=1S/C30H43N11O12/c42-17-7-18-28(52)40-30(4-1-2-5-30)29(53)39-14-20(44)31-6-3-19(43)32-8-21(45)33-9-22(46)34-10-23(47)35-11-24(48)36-12-25(49)37-13-26(50)38-15-27(51)41(18)16-17/h18H,1-16H2,(H,31,44)(H,32,43)(H,33,45)(H,34,46)(H,35,47)(H,36,48)(H,37,49)(H,38,50)(H,39,53)(H,40,52). The molecule has 23 heteroatoms. The number of amides is 11. The normalized spacial score (nSPS) is 23.4. The molecule has 1 atom stereocenters. The van der Waals surface area contributed by atoms with Crippen molar-refractivity contribution in [1.29, 1.82) is 0 Å². The number of carbonyl (C=O) groups excluding carboxylic acids is 12. The first-order valence-corrected chi connectivity index (χ1v) is 16.7. The van der Waals surface area contributed by atoms with E-state index in [-0.39, 0.29) is 32.2 Å². The second-order valence-corrected chi connectivity index (χ2v) is 12.3. The lowest BCUT2D eigenvalue weighted by Gasteiger charge is -2.32. The number of carbonyl (C=O) groups is 12. The highest BCUT2D eigenvalue weighted by Crippen LogP contribution is 2.30. The van der Waals surface area contributed by atoms with Crippen molar-refractivity contribution in [1.82, 2.24) is 58.1 Å². The molecule has 3 rings (SSSR count). The number of ketones is 1. The fourth-order valence-corrected chi connectivity index (χ4v) is 5.41. The average molecular weight is 750 g/mol. The van der Waals surface area contributed by atoms with Gasteiger partial charge in [-0.3, -0.25) is 57.5 Å². The van der Waals surface area contributed by atoms with Crippen LogP contribution < -0.4 is 53.2 Å². The van der Waals surface area contributed by atoms with Gasteiger partial charge in [0.25, 0.3) is 0 Å². The Labute approximate surface area is 302 Å². The fourth-order valence-electron chi connectivity index (χ4n) is 5.41. The van der Waals surface area contributed by atoms with Gasteiger partial charge in [-0.05, 0) is 12.8 Å². The van der Waals surface area contributed by atoms with Crippen molar-refractivity contribution in [3.63, 3.8) is 0 Å². The Morgan fingerprint density at radius 2 is 0.868 bits per heavy atom. The molecular formula is C30H43N11O12. The zero-order chi connectivity index (χ0) is 39.0. The highest BCUT2D eigenvalue weighted by Gasteiger charge is 2.46. The SMILES string of the molecule is O=C1CC2C(=O)NC3(CCCC3)C(=O)NCC(=O)NCCC(=O)NCC(=O)NCC(=O)NCC(=O)NCC(=O)NCC(=O)NCC(=O)NCC(=O)N2C1. The van der Waals surface area contributed by atoms with Crippen molar-refractivity contribution in [3.05, 3.63) is 0 Å².